The van der Waals surface area contributed by atoms with Crippen molar-refractivity contribution >= 4 is 11.4 Å². The average molecular weight is 538 g/mol. The molecule has 0 saturated heterocycles. The Kier molecular flexibility index (Phi) is 7.27. The van der Waals surface area contributed by atoms with Gasteiger partial charge in [0.25, 0.3) is 5.69 Å². The third-order valence-electron chi connectivity index (χ3n) is 6.36. The number of aryl methyl sites for hydroxylation is 1. The summed E-state index contributed by atoms with van der Waals surface area (Å²) < 4.78 is 56.7. The van der Waals surface area contributed by atoms with E-state index in [0.717, 1.165) is 12.1 Å². The minimum absolute atomic E-state index is 0.121. The highest BCUT2D eigenvalue weighted by Crippen LogP contribution is 2.47. The number of halogens is 3. The summed E-state index contributed by atoms with van der Waals surface area (Å²) in [5.41, 5.74) is -2.21. The number of anilines is 1. The second kappa shape index (κ2) is 10.2. The van der Waals surface area contributed by atoms with E-state index in [9.17, 15) is 28.4 Å². The number of non-ortho nitro benzene ring substituents is 1. The van der Waals surface area contributed by atoms with Crippen molar-refractivity contribution in [2.45, 2.75) is 43.7 Å². The van der Waals surface area contributed by atoms with E-state index in [4.69, 9.17) is 14.2 Å². The van der Waals surface area contributed by atoms with E-state index in [2.05, 4.69) is 15.4 Å². The smallest absolute Gasteiger partial charge is 0.416 e. The number of aliphatic hydroxyl groups excluding tert-OH is 1. The number of methoxy groups -OCH3 is 2. The lowest BCUT2D eigenvalue weighted by Gasteiger charge is -2.49. The third-order valence-corrected chi connectivity index (χ3v) is 6.36. The highest BCUT2D eigenvalue weighted by molar-refractivity contribution is 5.56. The molecule has 12 nitrogen and oxygen atoms in total. The molecule has 0 unspecified atom stereocenters. The summed E-state index contributed by atoms with van der Waals surface area (Å²) in [6, 6.07) is 7.06. The van der Waals surface area contributed by atoms with Crippen molar-refractivity contribution in [2.24, 2.45) is 7.05 Å². The maximum Gasteiger partial charge on any atom is 0.416 e. The number of hydrogen-bond donors (Lipinski definition) is 1. The number of ether oxygens (including phenoxy) is 3. The van der Waals surface area contributed by atoms with Crippen LogP contribution in [0.25, 0.3) is 0 Å². The molecule has 1 N–H and O–H groups in total. The molecule has 1 aromatic heterocycles. The molecular formula is C23H25F3N6O6. The van der Waals surface area contributed by atoms with E-state index in [0.29, 0.717) is 0 Å². The molecule has 3 aromatic rings. The number of aromatic nitrogens is 4. The Morgan fingerprint density at radius 2 is 1.89 bits per heavy atom. The van der Waals surface area contributed by atoms with Crippen LogP contribution in [0.2, 0.25) is 0 Å². The fraction of sp³-hybridized carbons (Fsp3) is 0.435. The summed E-state index contributed by atoms with van der Waals surface area (Å²) in [7, 11) is 4.25. The van der Waals surface area contributed by atoms with E-state index in [1.807, 2.05) is 0 Å². The summed E-state index contributed by atoms with van der Waals surface area (Å²) in [5, 5.41) is 35.3. The van der Waals surface area contributed by atoms with Gasteiger partial charge in [0.2, 0.25) is 0 Å². The van der Waals surface area contributed by atoms with E-state index in [1.54, 1.807) is 7.05 Å². The van der Waals surface area contributed by atoms with E-state index in [1.165, 1.54) is 61.2 Å². The van der Waals surface area contributed by atoms with Crippen LogP contribution < -0.4 is 9.64 Å². The van der Waals surface area contributed by atoms with Gasteiger partial charge in [0.15, 0.2) is 17.7 Å². The van der Waals surface area contributed by atoms with Crippen molar-refractivity contribution in [3.63, 3.8) is 0 Å². The SMILES string of the molecule is COC(OC)[C@]1(C)Oc2ccc([N+](=O)[O-])cc2[C@H](N(Cc2nnn(C)n2)c2ccc(C(F)(F)F)cc2)[C@H]1O. The van der Waals surface area contributed by atoms with Crippen molar-refractivity contribution < 1.29 is 37.4 Å². The zero-order valence-corrected chi connectivity index (χ0v) is 20.8. The Bertz CT molecular complexity index is 1300. The summed E-state index contributed by atoms with van der Waals surface area (Å²) in [4.78, 5) is 13.7. The third kappa shape index (κ3) is 4.99. The van der Waals surface area contributed by atoms with Gasteiger partial charge in [0.05, 0.1) is 30.1 Å². The molecule has 2 aromatic carbocycles. The number of nitro groups is 1. The Labute approximate surface area is 214 Å². The van der Waals surface area contributed by atoms with Gasteiger partial charge in [-0.05, 0) is 42.5 Å². The molecule has 1 aliphatic heterocycles. The van der Waals surface area contributed by atoms with Crippen molar-refractivity contribution in [1.82, 2.24) is 20.2 Å². The summed E-state index contributed by atoms with van der Waals surface area (Å²) in [6.07, 6.45) is -7.13. The van der Waals surface area contributed by atoms with Gasteiger partial charge in [-0.2, -0.15) is 18.0 Å². The second-order valence-corrected chi connectivity index (χ2v) is 8.83. The molecule has 0 radical (unpaired) electrons. The molecule has 0 aliphatic carbocycles. The topological polar surface area (TPSA) is 138 Å². The zero-order chi connectivity index (χ0) is 27.8. The van der Waals surface area contributed by atoms with Gasteiger partial charge in [-0.25, -0.2) is 0 Å². The molecule has 15 heteroatoms. The number of nitro benzene ring substituents is 1. The van der Waals surface area contributed by atoms with Crippen LogP contribution in [0, 0.1) is 10.1 Å². The Morgan fingerprint density at radius 1 is 1.24 bits per heavy atom. The fourth-order valence-corrected chi connectivity index (χ4v) is 4.58. The van der Waals surface area contributed by atoms with Gasteiger partial charge >= 0.3 is 6.18 Å². The van der Waals surface area contributed by atoms with Crippen molar-refractivity contribution in [2.75, 3.05) is 19.1 Å². The van der Waals surface area contributed by atoms with Gasteiger partial charge < -0.3 is 24.2 Å². The number of alkyl halides is 3. The number of fused-ring (bicyclic) bond motifs is 1. The molecule has 38 heavy (non-hydrogen) atoms. The van der Waals surface area contributed by atoms with Crippen LogP contribution in [-0.2, 0) is 29.2 Å². The van der Waals surface area contributed by atoms with Crippen LogP contribution in [0.3, 0.4) is 0 Å². The first-order valence-electron chi connectivity index (χ1n) is 11.3. The van der Waals surface area contributed by atoms with Crippen LogP contribution in [0.5, 0.6) is 5.75 Å². The zero-order valence-electron chi connectivity index (χ0n) is 20.8. The minimum atomic E-state index is -4.57. The first-order chi connectivity index (χ1) is 17.9. The quantitative estimate of drug-likeness (QED) is 0.259. The first-order valence-corrected chi connectivity index (χ1v) is 11.3. The van der Waals surface area contributed by atoms with Crippen molar-refractivity contribution in [3.8, 4) is 5.75 Å². The standard InChI is InChI=1S/C23H25F3N6O6/c1-22(21(36-3)37-4)20(33)19(16-11-15(32(34)35)9-10-17(16)38-22)31(12-18-27-29-30(2)28-18)14-7-5-13(6-8-14)23(24,25)26/h5-11,19-21,33H,12H2,1-4H3/t19-,20+,22+/m0/s1. The average Bonchev–Trinajstić information content (AvgIpc) is 3.28. The first kappa shape index (κ1) is 27.2. The number of tetrazole rings is 1. The van der Waals surface area contributed by atoms with Crippen LogP contribution in [-0.4, -0.2) is 62.5 Å². The van der Waals surface area contributed by atoms with Gasteiger partial charge in [0, 0.05) is 37.6 Å². The number of hydrogen-bond acceptors (Lipinski definition) is 10. The number of aliphatic hydroxyl groups is 1. The molecule has 4 rings (SSSR count). The molecular weight excluding hydrogens is 513 g/mol. The molecule has 0 spiro atoms. The molecule has 0 fully saturated rings. The number of rotatable bonds is 8. The lowest BCUT2D eigenvalue weighted by Crippen LogP contribution is -2.62. The molecule has 3 atom stereocenters. The number of nitrogens with zero attached hydrogens (tertiary/aromatic N) is 6. The van der Waals surface area contributed by atoms with Gasteiger partial charge in [-0.3, -0.25) is 10.1 Å². The van der Waals surface area contributed by atoms with E-state index < -0.39 is 40.7 Å². The maximum atomic E-state index is 13.3. The number of benzene rings is 2. The normalized spacial score (nSPS) is 21.2. The van der Waals surface area contributed by atoms with Gasteiger partial charge in [0.1, 0.15) is 11.9 Å². The predicted molar refractivity (Wildman–Crippen MR) is 125 cm³/mol. The maximum absolute atomic E-state index is 13.3. The highest BCUT2D eigenvalue weighted by atomic mass is 19.4. The minimum Gasteiger partial charge on any atom is -0.479 e. The van der Waals surface area contributed by atoms with Crippen LogP contribution in [0.1, 0.15) is 29.9 Å². The molecule has 204 valence electrons. The van der Waals surface area contributed by atoms with Gasteiger partial charge in [-0.15, -0.1) is 10.2 Å². The summed E-state index contributed by atoms with van der Waals surface area (Å²) >= 11 is 0. The second-order valence-electron chi connectivity index (χ2n) is 8.83. The lowest BCUT2D eigenvalue weighted by molar-refractivity contribution is -0.385. The summed E-state index contributed by atoms with van der Waals surface area (Å²) in [6.45, 7) is 1.42. The Morgan fingerprint density at radius 3 is 2.42 bits per heavy atom. The van der Waals surface area contributed by atoms with Gasteiger partial charge in [-0.1, -0.05) is 0 Å². The Hall–Kier alpha value is -3.82. The Balaban J connectivity index is 1.92. The molecule has 1 aliphatic rings. The fourth-order valence-electron chi connectivity index (χ4n) is 4.58. The molecule has 2 heterocycles. The van der Waals surface area contributed by atoms with Crippen LogP contribution in [0.15, 0.2) is 42.5 Å². The van der Waals surface area contributed by atoms with E-state index >= 15 is 0 Å². The van der Waals surface area contributed by atoms with Crippen molar-refractivity contribution in [1.29, 1.82) is 0 Å². The summed E-state index contributed by atoms with van der Waals surface area (Å²) in [5.74, 6) is 0.381. The monoisotopic (exact) mass is 538 g/mol. The molecule has 0 amide bonds. The highest BCUT2D eigenvalue weighted by Gasteiger charge is 2.54. The predicted octanol–water partition coefficient (Wildman–Crippen LogP) is 3.02. The van der Waals surface area contributed by atoms with Crippen LogP contribution >= 0.6 is 0 Å². The largest absolute Gasteiger partial charge is 0.479 e. The molecule has 0 saturated carbocycles. The van der Waals surface area contributed by atoms with Crippen LogP contribution in [0.4, 0.5) is 24.5 Å². The van der Waals surface area contributed by atoms with E-state index in [-0.39, 0.29) is 35.1 Å². The lowest BCUT2D eigenvalue weighted by atomic mass is 9.83. The molecule has 0 bridgehead atoms. The van der Waals surface area contributed by atoms with Crippen molar-refractivity contribution in [3.05, 3.63) is 69.5 Å².